The van der Waals surface area contributed by atoms with Crippen LogP contribution in [0.3, 0.4) is 0 Å². The molecule has 13 nitrogen and oxygen atoms in total. The van der Waals surface area contributed by atoms with Crippen molar-refractivity contribution in [1.29, 1.82) is 0 Å². The number of carbonyl (C=O) groups is 1. The second kappa shape index (κ2) is 10.4. The predicted octanol–water partition coefficient (Wildman–Crippen LogP) is 0.892. The number of nitrogens with one attached hydrogen (secondary N) is 1. The van der Waals surface area contributed by atoms with Crippen LogP contribution in [0.4, 0.5) is 10.5 Å². The lowest BCUT2D eigenvalue weighted by molar-refractivity contribution is -0.758. The fourth-order valence-electron chi connectivity index (χ4n) is 2.15. The molecule has 0 saturated heterocycles. The van der Waals surface area contributed by atoms with Gasteiger partial charge in [0.2, 0.25) is 11.8 Å². The van der Waals surface area contributed by atoms with Crippen LogP contribution in [0.2, 0.25) is 5.15 Å². The summed E-state index contributed by atoms with van der Waals surface area (Å²) in [7, 11) is 1.43. The van der Waals surface area contributed by atoms with Gasteiger partial charge in [0.25, 0.3) is 5.09 Å². The zero-order valence-electron chi connectivity index (χ0n) is 15.2. The van der Waals surface area contributed by atoms with Crippen molar-refractivity contribution in [3.8, 4) is 5.88 Å². The van der Waals surface area contributed by atoms with E-state index in [0.717, 1.165) is 0 Å². The average molecular weight is 419 g/mol. The molecule has 0 radical (unpaired) electrons. The number of nitrogens with zero attached hydrogens (tertiary/aromatic N) is 5. The molecule has 1 aromatic rings. The van der Waals surface area contributed by atoms with Gasteiger partial charge in [-0.25, -0.2) is 14.7 Å². The number of rotatable bonds is 9. The van der Waals surface area contributed by atoms with Crippen LogP contribution in [0.15, 0.2) is 4.99 Å². The molecule has 1 aliphatic heterocycles. The third-order valence-corrected chi connectivity index (χ3v) is 3.59. The van der Waals surface area contributed by atoms with Crippen LogP contribution in [0, 0.1) is 17.0 Å². The van der Waals surface area contributed by atoms with Gasteiger partial charge in [0, 0.05) is 0 Å². The highest BCUT2D eigenvalue weighted by atomic mass is 35.5. The first-order valence-electron chi connectivity index (χ1n) is 8.11. The van der Waals surface area contributed by atoms with E-state index in [0.29, 0.717) is 18.9 Å². The molecule has 154 valence electrons. The monoisotopic (exact) mass is 418 g/mol. The van der Waals surface area contributed by atoms with Gasteiger partial charge in [0.15, 0.2) is 5.15 Å². The van der Waals surface area contributed by atoms with E-state index in [1.165, 1.54) is 12.0 Å². The summed E-state index contributed by atoms with van der Waals surface area (Å²) in [5, 5.41) is 12.1. The van der Waals surface area contributed by atoms with Gasteiger partial charge in [0.1, 0.15) is 24.7 Å². The van der Waals surface area contributed by atoms with Crippen molar-refractivity contribution in [2.45, 2.75) is 6.92 Å². The Morgan fingerprint density at radius 1 is 1.32 bits per heavy atom. The number of halogens is 1. The number of aromatic nitrogens is 2. The third kappa shape index (κ3) is 6.06. The first-order chi connectivity index (χ1) is 13.4. The van der Waals surface area contributed by atoms with E-state index in [2.05, 4.69) is 25.1 Å². The number of anilines is 1. The number of ether oxygens (including phenoxy) is 3. The van der Waals surface area contributed by atoms with Crippen molar-refractivity contribution < 1.29 is 28.9 Å². The molecular formula is C14H19ClN6O7. The molecule has 0 saturated carbocycles. The van der Waals surface area contributed by atoms with Gasteiger partial charge >= 0.3 is 6.09 Å². The number of carbonyl (C=O) groups excluding carboxylic acids is 1. The molecule has 0 fully saturated rings. The molecular weight excluding hydrogens is 400 g/mol. The number of aliphatic imine (C=N–C) groups is 1. The number of aryl methyl sites for hydroxylation is 1. The van der Waals surface area contributed by atoms with Crippen molar-refractivity contribution >= 4 is 29.3 Å². The topological polar surface area (TPSA) is 151 Å². The summed E-state index contributed by atoms with van der Waals surface area (Å²) >= 11 is 6.13. The van der Waals surface area contributed by atoms with Gasteiger partial charge in [-0.1, -0.05) is 11.6 Å². The van der Waals surface area contributed by atoms with Crippen molar-refractivity contribution in [3.63, 3.8) is 0 Å². The largest absolute Gasteiger partial charge is 0.479 e. The minimum absolute atomic E-state index is 0.00221. The number of hydrogen-bond donors (Lipinski definition) is 1. The first kappa shape index (κ1) is 21.4. The Balaban J connectivity index is 1.84. The quantitative estimate of drug-likeness (QED) is 0.265. The Hall–Kier alpha value is -2.93. The Kier molecular flexibility index (Phi) is 7.95. The van der Waals surface area contributed by atoms with Crippen LogP contribution in [-0.4, -0.2) is 78.6 Å². The highest BCUT2D eigenvalue weighted by Gasteiger charge is 2.27. The molecule has 2 heterocycles. The lowest BCUT2D eigenvalue weighted by Crippen LogP contribution is -2.39. The van der Waals surface area contributed by atoms with Crippen molar-refractivity contribution in [2.24, 2.45) is 4.99 Å². The summed E-state index contributed by atoms with van der Waals surface area (Å²) in [5.74, 6) is 0.865. The van der Waals surface area contributed by atoms with Crippen LogP contribution in [0.25, 0.3) is 0 Å². The van der Waals surface area contributed by atoms with E-state index in [1.54, 1.807) is 6.92 Å². The molecule has 1 aromatic heterocycles. The molecule has 0 aliphatic carbocycles. The van der Waals surface area contributed by atoms with Gasteiger partial charge < -0.3 is 24.4 Å². The molecule has 0 atom stereocenters. The molecule has 1 aliphatic rings. The molecule has 14 heteroatoms. The summed E-state index contributed by atoms with van der Waals surface area (Å²) in [6.45, 7) is 2.17. The summed E-state index contributed by atoms with van der Waals surface area (Å²) in [4.78, 5) is 39.9. The van der Waals surface area contributed by atoms with Crippen LogP contribution in [-0.2, 0) is 14.3 Å². The van der Waals surface area contributed by atoms with Crippen LogP contribution in [0.1, 0.15) is 5.82 Å². The maximum absolute atomic E-state index is 12.2. The molecule has 1 amide bonds. The molecule has 0 bridgehead atoms. The van der Waals surface area contributed by atoms with Crippen LogP contribution in [0.5, 0.6) is 5.88 Å². The fourth-order valence-corrected chi connectivity index (χ4v) is 2.40. The van der Waals surface area contributed by atoms with E-state index in [1.807, 2.05) is 0 Å². The fraction of sp³-hybridized carbons (Fsp3) is 0.571. The van der Waals surface area contributed by atoms with E-state index >= 15 is 0 Å². The van der Waals surface area contributed by atoms with Crippen LogP contribution >= 0.6 is 11.6 Å². The standard InChI is InChI=1S/C14H19ClN6O7/c1-9-17-11(15)10(12(18-9)25-2)19-13-16-3-4-20(13)14(22)27-7-5-26-6-8-28-21(23)24/h3-8H2,1-2H3,(H,16,19). The Morgan fingerprint density at radius 3 is 2.79 bits per heavy atom. The molecule has 28 heavy (non-hydrogen) atoms. The summed E-state index contributed by atoms with van der Waals surface area (Å²) in [6.07, 6.45) is -0.642. The first-order valence-corrected chi connectivity index (χ1v) is 8.49. The zero-order chi connectivity index (χ0) is 20.5. The van der Waals surface area contributed by atoms with Gasteiger partial charge in [0.05, 0.1) is 33.4 Å². The normalized spacial score (nSPS) is 13.1. The van der Waals surface area contributed by atoms with Gasteiger partial charge in [-0.05, 0) is 6.92 Å². The summed E-state index contributed by atoms with van der Waals surface area (Å²) in [6, 6.07) is 0. The van der Waals surface area contributed by atoms with E-state index in [9.17, 15) is 14.9 Å². The summed E-state index contributed by atoms with van der Waals surface area (Å²) in [5.41, 5.74) is 0.280. The highest BCUT2D eigenvalue weighted by Crippen LogP contribution is 2.29. The average Bonchev–Trinajstić information content (AvgIpc) is 3.10. The van der Waals surface area contributed by atoms with Gasteiger partial charge in [-0.3, -0.25) is 4.99 Å². The second-order valence-corrected chi connectivity index (χ2v) is 5.57. The van der Waals surface area contributed by atoms with E-state index in [4.69, 9.17) is 25.8 Å². The molecule has 2 rings (SSSR count). The lowest BCUT2D eigenvalue weighted by Gasteiger charge is -2.20. The maximum Gasteiger partial charge on any atom is 0.416 e. The third-order valence-electron chi connectivity index (χ3n) is 3.31. The van der Waals surface area contributed by atoms with E-state index in [-0.39, 0.29) is 49.1 Å². The van der Waals surface area contributed by atoms with Crippen molar-refractivity contribution in [2.75, 3.05) is 51.9 Å². The number of methoxy groups -OCH3 is 1. The Labute approximate surface area is 164 Å². The Morgan fingerprint density at radius 2 is 2.07 bits per heavy atom. The van der Waals surface area contributed by atoms with Crippen molar-refractivity contribution in [3.05, 3.63) is 21.1 Å². The second-order valence-electron chi connectivity index (χ2n) is 5.21. The lowest BCUT2D eigenvalue weighted by atomic mass is 10.4. The van der Waals surface area contributed by atoms with E-state index < -0.39 is 11.2 Å². The number of hydrogen-bond acceptors (Lipinski definition) is 11. The maximum atomic E-state index is 12.2. The van der Waals surface area contributed by atoms with Gasteiger partial charge in [-0.2, -0.15) is 4.98 Å². The Bertz CT molecular complexity index is 747. The SMILES string of the molecule is COc1nc(C)nc(Cl)c1NC1=NCCN1C(=O)OCCOCCO[N+](=O)[O-]. The minimum atomic E-state index is -0.912. The van der Waals surface area contributed by atoms with Crippen molar-refractivity contribution in [1.82, 2.24) is 14.9 Å². The molecule has 1 N–H and O–H groups in total. The molecule has 0 unspecified atom stereocenters. The number of amides is 1. The smallest absolute Gasteiger partial charge is 0.416 e. The molecule has 0 spiro atoms. The minimum Gasteiger partial charge on any atom is -0.479 e. The molecule has 0 aromatic carbocycles. The highest BCUT2D eigenvalue weighted by molar-refractivity contribution is 6.33. The summed E-state index contributed by atoms with van der Waals surface area (Å²) < 4.78 is 15.3. The zero-order valence-corrected chi connectivity index (χ0v) is 16.0. The van der Waals surface area contributed by atoms with Crippen LogP contribution < -0.4 is 10.1 Å². The van der Waals surface area contributed by atoms with Gasteiger partial charge in [-0.15, -0.1) is 10.1 Å². The predicted molar refractivity (Wildman–Crippen MR) is 96.1 cm³/mol. The number of guanidine groups is 1.